The number of rotatable bonds is 24. The summed E-state index contributed by atoms with van der Waals surface area (Å²) in [7, 11) is 1.54. The van der Waals surface area contributed by atoms with E-state index in [1.807, 2.05) is 182 Å². The van der Waals surface area contributed by atoms with Gasteiger partial charge in [-0.1, -0.05) is 182 Å². The van der Waals surface area contributed by atoms with Crippen LogP contribution in [0.25, 0.3) is 0 Å². The lowest BCUT2D eigenvalue weighted by Gasteiger charge is -2.50. The summed E-state index contributed by atoms with van der Waals surface area (Å²) in [4.78, 5) is 13.0. The van der Waals surface area contributed by atoms with Crippen LogP contribution >= 0.6 is 0 Å². The van der Waals surface area contributed by atoms with Crippen LogP contribution in [0, 0.1) is 0 Å². The zero-order valence-corrected chi connectivity index (χ0v) is 39.2. The van der Waals surface area contributed by atoms with E-state index in [9.17, 15) is 4.79 Å². The summed E-state index contributed by atoms with van der Waals surface area (Å²) in [6.07, 6.45) is -7.68. The minimum atomic E-state index is -1.12. The molecule has 0 aromatic heterocycles. The highest BCUT2D eigenvalue weighted by Gasteiger charge is 2.54. The molecule has 0 spiro atoms. The van der Waals surface area contributed by atoms with Crippen molar-refractivity contribution in [3.8, 4) is 0 Å². The average molecular weight is 938 g/mol. The fourth-order valence-corrected chi connectivity index (χ4v) is 8.64. The number of methoxy groups -OCH3 is 1. The maximum atomic E-state index is 13.0. The van der Waals surface area contributed by atoms with Crippen molar-refractivity contribution in [2.75, 3.05) is 20.3 Å². The van der Waals surface area contributed by atoms with Crippen LogP contribution in [0.2, 0.25) is 0 Å². The van der Waals surface area contributed by atoms with Gasteiger partial charge in [-0.2, -0.15) is 0 Å². The summed E-state index contributed by atoms with van der Waals surface area (Å²) in [5, 5.41) is 3.06. The molecule has 6 aromatic carbocycles. The van der Waals surface area contributed by atoms with Crippen molar-refractivity contribution in [3.63, 3.8) is 0 Å². The summed E-state index contributed by atoms with van der Waals surface area (Å²) in [5.74, 6) is -0.294. The Morgan fingerprint density at radius 1 is 0.420 bits per heavy atom. The van der Waals surface area contributed by atoms with Gasteiger partial charge in [-0.25, -0.2) is 0 Å². The fraction of sp³-hybridized carbons (Fsp3) is 0.351. The summed E-state index contributed by atoms with van der Waals surface area (Å²) in [6.45, 7) is 3.24. The van der Waals surface area contributed by atoms with Crippen LogP contribution in [0.3, 0.4) is 0 Å². The Kier molecular flexibility index (Phi) is 19.0. The van der Waals surface area contributed by atoms with E-state index in [1.54, 1.807) is 7.11 Å². The van der Waals surface area contributed by atoms with Crippen LogP contribution < -0.4 is 5.32 Å². The van der Waals surface area contributed by atoms with Gasteiger partial charge in [-0.15, -0.1) is 0 Å². The molecular formula is C57H63NO11. The van der Waals surface area contributed by atoms with Crippen molar-refractivity contribution >= 4 is 5.91 Å². The van der Waals surface area contributed by atoms with Crippen molar-refractivity contribution in [3.05, 3.63) is 215 Å². The zero-order chi connectivity index (χ0) is 47.5. The van der Waals surface area contributed by atoms with Gasteiger partial charge < -0.3 is 52.7 Å². The van der Waals surface area contributed by atoms with Gasteiger partial charge in [0.15, 0.2) is 12.6 Å². The molecule has 1 N–H and O–H groups in total. The molecule has 2 saturated heterocycles. The van der Waals surface area contributed by atoms with Gasteiger partial charge in [0.05, 0.1) is 52.9 Å². The quantitative estimate of drug-likeness (QED) is 0.0628. The van der Waals surface area contributed by atoms with Crippen LogP contribution in [0.5, 0.6) is 0 Å². The minimum Gasteiger partial charge on any atom is -0.374 e. The summed E-state index contributed by atoms with van der Waals surface area (Å²) >= 11 is 0. The third-order valence-corrected chi connectivity index (χ3v) is 12.1. The van der Waals surface area contributed by atoms with E-state index >= 15 is 0 Å². The topological polar surface area (TPSA) is 121 Å². The summed E-state index contributed by atoms with van der Waals surface area (Å²) < 4.78 is 67.9. The van der Waals surface area contributed by atoms with Crippen molar-refractivity contribution < 1.29 is 52.2 Å². The Morgan fingerprint density at radius 2 is 0.754 bits per heavy atom. The van der Waals surface area contributed by atoms with Crippen LogP contribution in [-0.2, 0) is 91.8 Å². The second kappa shape index (κ2) is 26.4. The highest BCUT2D eigenvalue weighted by molar-refractivity contribution is 5.73. The van der Waals surface area contributed by atoms with E-state index in [1.165, 1.54) is 6.92 Å². The van der Waals surface area contributed by atoms with Crippen LogP contribution in [0.15, 0.2) is 182 Å². The van der Waals surface area contributed by atoms with Gasteiger partial charge in [0, 0.05) is 14.0 Å². The molecule has 2 fully saturated rings. The molecule has 2 aliphatic rings. The Morgan fingerprint density at radius 3 is 1.14 bits per heavy atom. The van der Waals surface area contributed by atoms with Crippen LogP contribution in [0.4, 0.5) is 0 Å². The Hall–Kier alpha value is -5.61. The predicted molar refractivity (Wildman–Crippen MR) is 259 cm³/mol. The second-order valence-corrected chi connectivity index (χ2v) is 17.2. The molecule has 12 nitrogen and oxygen atoms in total. The normalized spacial score (nSPS) is 24.7. The molecule has 362 valence electrons. The molecule has 0 unspecified atom stereocenters. The molecule has 0 radical (unpaired) electrons. The largest absolute Gasteiger partial charge is 0.374 e. The molecule has 6 aromatic rings. The second-order valence-electron chi connectivity index (χ2n) is 17.2. The molecule has 12 heteroatoms. The first-order valence-electron chi connectivity index (χ1n) is 23.6. The van der Waals surface area contributed by atoms with E-state index in [-0.39, 0.29) is 45.5 Å². The number of carbonyl (C=O) groups excluding carboxylic acids is 1. The first kappa shape index (κ1) is 49.8. The smallest absolute Gasteiger partial charge is 0.217 e. The zero-order valence-electron chi connectivity index (χ0n) is 39.2. The Bertz CT molecular complexity index is 2350. The number of amides is 1. The van der Waals surface area contributed by atoms with Crippen molar-refractivity contribution in [1.82, 2.24) is 5.32 Å². The highest BCUT2D eigenvalue weighted by Crippen LogP contribution is 2.36. The van der Waals surface area contributed by atoms with Crippen molar-refractivity contribution in [2.45, 2.75) is 108 Å². The molecule has 10 atom stereocenters. The lowest BCUT2D eigenvalue weighted by atomic mass is 9.94. The molecule has 1 amide bonds. The third kappa shape index (κ3) is 14.7. The lowest BCUT2D eigenvalue weighted by Crippen LogP contribution is -2.68. The van der Waals surface area contributed by atoms with Gasteiger partial charge in [0.1, 0.15) is 48.8 Å². The van der Waals surface area contributed by atoms with E-state index in [4.69, 9.17) is 47.4 Å². The van der Waals surface area contributed by atoms with Crippen LogP contribution in [0.1, 0.15) is 40.3 Å². The first-order chi connectivity index (χ1) is 34.0. The van der Waals surface area contributed by atoms with Crippen LogP contribution in [-0.4, -0.2) is 87.6 Å². The molecule has 2 heterocycles. The first-order valence-corrected chi connectivity index (χ1v) is 23.6. The third-order valence-electron chi connectivity index (χ3n) is 12.1. The van der Waals surface area contributed by atoms with Gasteiger partial charge in [0.25, 0.3) is 0 Å². The molecule has 69 heavy (non-hydrogen) atoms. The fourth-order valence-electron chi connectivity index (χ4n) is 8.64. The number of carbonyl (C=O) groups is 1. The van der Waals surface area contributed by atoms with Gasteiger partial charge in [-0.05, 0) is 33.4 Å². The minimum absolute atomic E-state index is 0.0834. The molecule has 8 rings (SSSR count). The van der Waals surface area contributed by atoms with Gasteiger partial charge in [-0.3, -0.25) is 4.79 Å². The Balaban J connectivity index is 1.19. The lowest BCUT2D eigenvalue weighted by molar-refractivity contribution is -0.364. The summed E-state index contributed by atoms with van der Waals surface area (Å²) in [6, 6.07) is 58.8. The molecule has 0 saturated carbocycles. The number of hydrogen-bond acceptors (Lipinski definition) is 11. The number of benzene rings is 6. The number of nitrogens with one attached hydrogen (secondary N) is 1. The summed E-state index contributed by atoms with van der Waals surface area (Å²) in [5.41, 5.74) is 5.82. The maximum Gasteiger partial charge on any atom is 0.217 e. The molecular weight excluding hydrogens is 875 g/mol. The average Bonchev–Trinajstić information content (AvgIpc) is 3.39. The van der Waals surface area contributed by atoms with E-state index in [0.717, 1.165) is 33.4 Å². The molecule has 0 aliphatic carbocycles. The van der Waals surface area contributed by atoms with Gasteiger partial charge in [0.2, 0.25) is 5.91 Å². The van der Waals surface area contributed by atoms with Crippen molar-refractivity contribution in [1.29, 1.82) is 0 Å². The maximum absolute atomic E-state index is 13.0. The molecule has 2 aliphatic heterocycles. The Labute approximate surface area is 405 Å². The predicted octanol–water partition coefficient (Wildman–Crippen LogP) is 8.75. The highest BCUT2D eigenvalue weighted by atomic mass is 16.8. The van der Waals surface area contributed by atoms with Crippen molar-refractivity contribution in [2.24, 2.45) is 0 Å². The van der Waals surface area contributed by atoms with Gasteiger partial charge >= 0.3 is 0 Å². The van der Waals surface area contributed by atoms with E-state index < -0.39 is 61.3 Å². The van der Waals surface area contributed by atoms with E-state index in [2.05, 4.69) is 5.32 Å². The molecule has 0 bridgehead atoms. The number of hydrogen-bond donors (Lipinski definition) is 1. The standard InChI is InChI=1S/C57H63NO11/c1-41(59)58-50-53(64-36-45-27-15-6-16-28-45)52(49(67-56(50)60-2)40-62-34-43-23-11-4-12-24-43)69-57-55(66-38-47-31-19-8-20-32-47)54(65-37-46-29-17-7-18-30-46)51(63-35-44-25-13-5-14-26-44)48(68-57)39-61-33-42-21-9-3-10-22-42/h3-32,48-57H,33-40H2,1-2H3,(H,58,59)/t48-,49-,50-,51-,52-,53-,54+,55-,56+,57+/m1/s1. The van der Waals surface area contributed by atoms with E-state index in [0.29, 0.717) is 13.2 Å². The monoisotopic (exact) mass is 937 g/mol. The number of ether oxygens (including phenoxy) is 10. The SMILES string of the molecule is CO[C@H]1O[C@H](COCc2ccccc2)[C@@H](O[C@@H]2O[C@H](COCc3ccccc3)[C@@H](OCc3ccccc3)[C@H](OCc3ccccc3)[C@H]2OCc2ccccc2)[C@H](OCc2ccccc2)[C@H]1NC(C)=O.